The van der Waals surface area contributed by atoms with Crippen LogP contribution in [0.2, 0.25) is 0 Å². The van der Waals surface area contributed by atoms with E-state index in [9.17, 15) is 9.59 Å². The van der Waals surface area contributed by atoms with Crippen molar-refractivity contribution in [3.05, 3.63) is 73.3 Å². The molecule has 1 aliphatic heterocycles. The molecular weight excluding hydrogens is 434 g/mol. The lowest BCUT2D eigenvalue weighted by Crippen LogP contribution is -2.42. The number of piperidine rings is 1. The second-order valence-electron chi connectivity index (χ2n) is 7.87. The van der Waals surface area contributed by atoms with Crippen LogP contribution in [0, 0.1) is 5.92 Å². The molecule has 0 spiro atoms. The fourth-order valence-corrected chi connectivity index (χ4v) is 4.71. The molecule has 0 atom stereocenters. The van der Waals surface area contributed by atoms with Crippen molar-refractivity contribution in [2.24, 2.45) is 5.92 Å². The zero-order valence-electron chi connectivity index (χ0n) is 18.4. The molecule has 1 fully saturated rings. The Kier molecular flexibility index (Phi) is 7.57. The highest BCUT2D eigenvalue weighted by Gasteiger charge is 2.27. The summed E-state index contributed by atoms with van der Waals surface area (Å²) in [5.41, 5.74) is 1.77. The maximum Gasteiger partial charge on any atom is 0.233 e. The van der Waals surface area contributed by atoms with Gasteiger partial charge in [-0.25, -0.2) is 0 Å². The summed E-state index contributed by atoms with van der Waals surface area (Å²) in [5.74, 6) is 1.04. The third-order valence-corrected chi connectivity index (χ3v) is 6.60. The highest BCUT2D eigenvalue weighted by molar-refractivity contribution is 7.99. The summed E-state index contributed by atoms with van der Waals surface area (Å²) in [5, 5.41) is 12.3. The number of amides is 2. The lowest BCUT2D eigenvalue weighted by Gasteiger charge is -2.31. The number of nitrogens with one attached hydrogen (secondary N) is 1. The number of allylic oxidation sites excluding steroid dienone is 1. The monoisotopic (exact) mass is 461 g/mol. The van der Waals surface area contributed by atoms with E-state index in [0.29, 0.717) is 37.6 Å². The number of anilines is 1. The quantitative estimate of drug-likeness (QED) is 0.404. The number of carbonyl (C=O) groups is 2. The topological polar surface area (TPSA) is 80.1 Å². The Labute approximate surface area is 197 Å². The van der Waals surface area contributed by atoms with Gasteiger partial charge in [0.25, 0.3) is 0 Å². The molecule has 1 aromatic heterocycles. The van der Waals surface area contributed by atoms with E-state index < -0.39 is 0 Å². The van der Waals surface area contributed by atoms with Gasteiger partial charge in [-0.05, 0) is 25.0 Å². The fraction of sp³-hybridized carbons (Fsp3) is 0.280. The minimum Gasteiger partial charge on any atom is -0.342 e. The van der Waals surface area contributed by atoms with Gasteiger partial charge in [0.05, 0.1) is 5.75 Å². The molecule has 33 heavy (non-hydrogen) atoms. The van der Waals surface area contributed by atoms with Crippen LogP contribution >= 0.6 is 11.8 Å². The van der Waals surface area contributed by atoms with Gasteiger partial charge in [0.2, 0.25) is 11.8 Å². The van der Waals surface area contributed by atoms with E-state index in [4.69, 9.17) is 0 Å². The van der Waals surface area contributed by atoms with Gasteiger partial charge < -0.3 is 10.2 Å². The summed E-state index contributed by atoms with van der Waals surface area (Å²) < 4.78 is 1.97. The van der Waals surface area contributed by atoms with Gasteiger partial charge in [0.15, 0.2) is 11.0 Å². The second-order valence-corrected chi connectivity index (χ2v) is 8.81. The molecule has 4 rings (SSSR count). The van der Waals surface area contributed by atoms with Crippen molar-refractivity contribution < 1.29 is 9.59 Å². The van der Waals surface area contributed by atoms with Crippen LogP contribution in [-0.2, 0) is 16.1 Å². The number of nitrogens with zero attached hydrogens (tertiary/aromatic N) is 4. The fourth-order valence-electron chi connectivity index (χ4n) is 3.86. The summed E-state index contributed by atoms with van der Waals surface area (Å²) in [6, 6.07) is 19.3. The zero-order chi connectivity index (χ0) is 23.0. The van der Waals surface area contributed by atoms with Gasteiger partial charge in [-0.1, -0.05) is 66.4 Å². The minimum atomic E-state index is -0.0778. The van der Waals surface area contributed by atoms with E-state index in [1.807, 2.05) is 70.1 Å². The summed E-state index contributed by atoms with van der Waals surface area (Å²) in [4.78, 5) is 27.2. The number of aromatic nitrogens is 3. The molecule has 0 saturated carbocycles. The van der Waals surface area contributed by atoms with Gasteiger partial charge in [0, 0.05) is 36.8 Å². The van der Waals surface area contributed by atoms with E-state index in [1.165, 1.54) is 11.8 Å². The van der Waals surface area contributed by atoms with Crippen molar-refractivity contribution in [1.82, 2.24) is 19.7 Å². The van der Waals surface area contributed by atoms with E-state index in [1.54, 1.807) is 6.08 Å². The standard InChI is InChI=1S/C25H27N5O2S/c1-2-15-30-23(19-9-5-3-6-10-19)27-28-25(30)33-18-22(31)29-16-13-20(14-17-29)24(32)26-21-11-7-4-8-12-21/h2-12,20H,1,13-18H2,(H,26,32). The zero-order valence-corrected chi connectivity index (χ0v) is 19.2. The molecule has 7 nitrogen and oxygen atoms in total. The molecule has 1 aliphatic rings. The Balaban J connectivity index is 1.30. The predicted molar refractivity (Wildman–Crippen MR) is 131 cm³/mol. The Morgan fingerprint density at radius 3 is 2.36 bits per heavy atom. The molecule has 170 valence electrons. The van der Waals surface area contributed by atoms with Crippen LogP contribution in [0.5, 0.6) is 0 Å². The molecule has 2 aromatic carbocycles. The van der Waals surface area contributed by atoms with Crippen LogP contribution < -0.4 is 5.32 Å². The van der Waals surface area contributed by atoms with Crippen molar-refractivity contribution >= 4 is 29.3 Å². The molecule has 0 aliphatic carbocycles. The smallest absolute Gasteiger partial charge is 0.233 e. The first kappa shape index (κ1) is 22.8. The number of rotatable bonds is 8. The van der Waals surface area contributed by atoms with Gasteiger partial charge in [-0.3, -0.25) is 14.2 Å². The van der Waals surface area contributed by atoms with Crippen molar-refractivity contribution in [3.8, 4) is 11.4 Å². The van der Waals surface area contributed by atoms with Crippen molar-refractivity contribution in [3.63, 3.8) is 0 Å². The van der Waals surface area contributed by atoms with Crippen LogP contribution in [0.3, 0.4) is 0 Å². The van der Waals surface area contributed by atoms with E-state index >= 15 is 0 Å². The maximum absolute atomic E-state index is 12.8. The molecule has 1 N–H and O–H groups in total. The third kappa shape index (κ3) is 5.70. The Hall–Kier alpha value is -3.39. The number of hydrogen-bond donors (Lipinski definition) is 1. The first-order chi connectivity index (χ1) is 16.2. The Morgan fingerprint density at radius 1 is 1.03 bits per heavy atom. The molecule has 1 saturated heterocycles. The lowest BCUT2D eigenvalue weighted by molar-refractivity contribution is -0.132. The van der Waals surface area contributed by atoms with E-state index in [-0.39, 0.29) is 23.5 Å². The van der Waals surface area contributed by atoms with Crippen LogP contribution in [0.4, 0.5) is 5.69 Å². The minimum absolute atomic E-state index is 0.0219. The number of thioether (sulfide) groups is 1. The van der Waals surface area contributed by atoms with Gasteiger partial charge in [-0.2, -0.15) is 0 Å². The summed E-state index contributed by atoms with van der Waals surface area (Å²) in [6.45, 7) is 5.57. The molecule has 8 heteroatoms. The molecule has 2 amide bonds. The highest BCUT2D eigenvalue weighted by atomic mass is 32.2. The number of para-hydroxylation sites is 1. The highest BCUT2D eigenvalue weighted by Crippen LogP contribution is 2.25. The normalized spacial score (nSPS) is 14.1. The van der Waals surface area contributed by atoms with E-state index in [0.717, 1.165) is 17.1 Å². The molecule has 3 aromatic rings. The third-order valence-electron chi connectivity index (χ3n) is 5.65. The van der Waals surface area contributed by atoms with Crippen LogP contribution in [0.15, 0.2) is 78.5 Å². The molecule has 2 heterocycles. The molecule has 0 bridgehead atoms. The van der Waals surface area contributed by atoms with Crippen LogP contribution in [0.1, 0.15) is 12.8 Å². The first-order valence-corrected chi connectivity index (χ1v) is 12.0. The number of benzene rings is 2. The van der Waals surface area contributed by atoms with Crippen LogP contribution in [0.25, 0.3) is 11.4 Å². The number of hydrogen-bond acceptors (Lipinski definition) is 5. The molecular formula is C25H27N5O2S. The van der Waals surface area contributed by atoms with Gasteiger partial charge in [0.1, 0.15) is 0 Å². The van der Waals surface area contributed by atoms with Crippen molar-refractivity contribution in [1.29, 1.82) is 0 Å². The Bertz CT molecular complexity index is 1090. The molecule has 0 radical (unpaired) electrons. The first-order valence-electron chi connectivity index (χ1n) is 11.0. The lowest BCUT2D eigenvalue weighted by atomic mass is 9.96. The summed E-state index contributed by atoms with van der Waals surface area (Å²) in [6.07, 6.45) is 3.13. The van der Waals surface area contributed by atoms with Crippen molar-refractivity contribution in [2.75, 3.05) is 24.2 Å². The van der Waals surface area contributed by atoms with Crippen molar-refractivity contribution in [2.45, 2.75) is 24.5 Å². The van der Waals surface area contributed by atoms with E-state index in [2.05, 4.69) is 22.1 Å². The average molecular weight is 462 g/mol. The number of likely N-dealkylation sites (tertiary alicyclic amines) is 1. The average Bonchev–Trinajstić information content (AvgIpc) is 3.26. The summed E-state index contributed by atoms with van der Waals surface area (Å²) >= 11 is 1.38. The second kappa shape index (κ2) is 11.0. The SMILES string of the molecule is C=CCn1c(SCC(=O)N2CCC(C(=O)Nc3ccccc3)CC2)nnc1-c1ccccc1. The maximum atomic E-state index is 12.8. The van der Waals surface area contributed by atoms with Gasteiger partial charge >= 0.3 is 0 Å². The van der Waals surface area contributed by atoms with Crippen LogP contribution in [-0.4, -0.2) is 50.3 Å². The Morgan fingerprint density at radius 2 is 1.70 bits per heavy atom. The largest absolute Gasteiger partial charge is 0.342 e. The predicted octanol–water partition coefficient (Wildman–Crippen LogP) is 4.10. The summed E-state index contributed by atoms with van der Waals surface area (Å²) in [7, 11) is 0. The number of carbonyl (C=O) groups excluding carboxylic acids is 2. The van der Waals surface area contributed by atoms with Gasteiger partial charge in [-0.15, -0.1) is 16.8 Å². The molecule has 0 unspecified atom stereocenters.